The van der Waals surface area contributed by atoms with Crippen LogP contribution in [0.3, 0.4) is 0 Å². The van der Waals surface area contributed by atoms with Crippen LogP contribution in [0.25, 0.3) is 5.78 Å². The Morgan fingerprint density at radius 3 is 3.05 bits per heavy atom. The van der Waals surface area contributed by atoms with E-state index in [2.05, 4.69) is 40.3 Å². The van der Waals surface area contributed by atoms with Gasteiger partial charge in [0.25, 0.3) is 5.56 Å². The largest absolute Gasteiger partial charge is 0.291 e. The summed E-state index contributed by atoms with van der Waals surface area (Å²) >= 11 is 1.59. The molecule has 96 valence electrons. The van der Waals surface area contributed by atoms with Gasteiger partial charge in [-0.1, -0.05) is 41.6 Å². The molecule has 0 aliphatic carbocycles. The molecule has 3 rings (SSSR count). The van der Waals surface area contributed by atoms with Crippen molar-refractivity contribution in [3.63, 3.8) is 0 Å². The Kier molecular flexibility index (Phi) is 3.08. The highest BCUT2D eigenvalue weighted by Crippen LogP contribution is 2.21. The molecule has 2 aromatic heterocycles. The lowest BCUT2D eigenvalue weighted by atomic mass is 10.2. The second kappa shape index (κ2) is 4.89. The van der Waals surface area contributed by atoms with E-state index in [1.165, 1.54) is 17.2 Å². The first-order chi connectivity index (χ1) is 9.22. The van der Waals surface area contributed by atoms with Crippen LogP contribution in [0, 0.1) is 6.92 Å². The maximum Gasteiger partial charge on any atom is 0.252 e. The third-order valence-corrected chi connectivity index (χ3v) is 3.74. The van der Waals surface area contributed by atoms with Crippen LogP contribution in [0.4, 0.5) is 0 Å². The summed E-state index contributed by atoms with van der Waals surface area (Å²) in [5.74, 6) is 1.29. The fourth-order valence-corrected chi connectivity index (χ4v) is 2.70. The molecular formula is C13H12N4OS. The van der Waals surface area contributed by atoms with Crippen LogP contribution in [-0.2, 0) is 5.75 Å². The van der Waals surface area contributed by atoms with Crippen LogP contribution in [-0.4, -0.2) is 19.6 Å². The molecule has 0 aliphatic rings. The summed E-state index contributed by atoms with van der Waals surface area (Å²) in [5.41, 5.74) is 2.31. The highest BCUT2D eigenvalue weighted by molar-refractivity contribution is 7.98. The molecule has 0 spiro atoms. The molecule has 0 saturated heterocycles. The van der Waals surface area contributed by atoms with Crippen molar-refractivity contribution in [3.8, 4) is 0 Å². The van der Waals surface area contributed by atoms with Gasteiger partial charge in [-0.2, -0.15) is 0 Å². The van der Waals surface area contributed by atoms with Crippen molar-refractivity contribution in [3.05, 3.63) is 58.0 Å². The molecule has 0 aliphatic heterocycles. The molecular weight excluding hydrogens is 260 g/mol. The summed E-state index contributed by atoms with van der Waals surface area (Å²) in [6.07, 6.45) is 1.69. The number of hydrogen-bond donors (Lipinski definition) is 1. The Hall–Kier alpha value is -2.08. The first kappa shape index (κ1) is 12.0. The van der Waals surface area contributed by atoms with Gasteiger partial charge in [-0.25, -0.2) is 0 Å². The van der Waals surface area contributed by atoms with Crippen LogP contribution in [0.15, 0.2) is 46.5 Å². The van der Waals surface area contributed by atoms with Crippen molar-refractivity contribution in [2.75, 3.05) is 0 Å². The zero-order valence-corrected chi connectivity index (χ0v) is 11.1. The predicted octanol–water partition coefficient (Wildman–Crippen LogP) is 2.02. The molecule has 3 aromatic rings. The first-order valence-electron chi connectivity index (χ1n) is 5.85. The minimum absolute atomic E-state index is 0.171. The normalized spacial score (nSPS) is 11.0. The van der Waals surface area contributed by atoms with Gasteiger partial charge in [-0.15, -0.1) is 10.2 Å². The van der Waals surface area contributed by atoms with E-state index in [9.17, 15) is 4.79 Å². The fraction of sp³-hybridized carbons (Fsp3) is 0.154. The predicted molar refractivity (Wildman–Crippen MR) is 74.3 cm³/mol. The van der Waals surface area contributed by atoms with E-state index in [4.69, 9.17) is 0 Å². The number of rotatable bonds is 3. The summed E-state index contributed by atoms with van der Waals surface area (Å²) in [6.45, 7) is 2.07. The average molecular weight is 272 g/mol. The van der Waals surface area contributed by atoms with E-state index in [0.717, 1.165) is 10.9 Å². The second-order valence-electron chi connectivity index (χ2n) is 4.26. The Labute approximate surface area is 113 Å². The van der Waals surface area contributed by atoms with Gasteiger partial charge in [0.2, 0.25) is 5.78 Å². The van der Waals surface area contributed by atoms with E-state index < -0.39 is 0 Å². The van der Waals surface area contributed by atoms with Crippen LogP contribution in [0.5, 0.6) is 0 Å². The maximum absolute atomic E-state index is 11.2. The molecule has 1 N–H and O–H groups in total. The third kappa shape index (κ3) is 2.53. The minimum Gasteiger partial charge on any atom is -0.291 e. The third-order valence-electron chi connectivity index (χ3n) is 2.72. The van der Waals surface area contributed by atoms with Gasteiger partial charge in [0, 0.05) is 18.0 Å². The molecule has 5 nitrogen and oxygen atoms in total. The lowest BCUT2D eigenvalue weighted by Gasteiger charge is -2.01. The van der Waals surface area contributed by atoms with Gasteiger partial charge in [0.1, 0.15) is 0 Å². The van der Waals surface area contributed by atoms with Crippen molar-refractivity contribution in [2.24, 2.45) is 0 Å². The van der Waals surface area contributed by atoms with Crippen molar-refractivity contribution in [2.45, 2.75) is 17.8 Å². The second-order valence-corrected chi connectivity index (χ2v) is 5.20. The van der Waals surface area contributed by atoms with Gasteiger partial charge < -0.3 is 0 Å². The number of aryl methyl sites for hydroxylation is 1. The van der Waals surface area contributed by atoms with E-state index in [-0.39, 0.29) is 5.56 Å². The van der Waals surface area contributed by atoms with Gasteiger partial charge in [0.05, 0.1) is 0 Å². The summed E-state index contributed by atoms with van der Waals surface area (Å²) in [7, 11) is 0. The maximum atomic E-state index is 11.2. The number of H-pyrrole nitrogens is 1. The molecule has 0 radical (unpaired) electrons. The topological polar surface area (TPSA) is 63.0 Å². The number of fused-ring (bicyclic) bond motifs is 1. The fourth-order valence-electron chi connectivity index (χ4n) is 1.84. The van der Waals surface area contributed by atoms with Crippen molar-refractivity contribution >= 4 is 17.5 Å². The molecule has 0 saturated carbocycles. The Morgan fingerprint density at radius 2 is 2.21 bits per heavy atom. The molecule has 6 heteroatoms. The zero-order valence-electron chi connectivity index (χ0n) is 10.3. The smallest absolute Gasteiger partial charge is 0.252 e. The molecule has 0 amide bonds. The molecule has 0 fully saturated rings. The lowest BCUT2D eigenvalue weighted by Crippen LogP contribution is -2.05. The van der Waals surface area contributed by atoms with Gasteiger partial charge in [0.15, 0.2) is 5.16 Å². The van der Waals surface area contributed by atoms with E-state index in [0.29, 0.717) is 5.78 Å². The highest BCUT2D eigenvalue weighted by atomic mass is 32.2. The summed E-state index contributed by atoms with van der Waals surface area (Å²) in [6, 6.07) is 9.83. The van der Waals surface area contributed by atoms with Crippen LogP contribution in [0.2, 0.25) is 0 Å². The number of benzene rings is 1. The summed E-state index contributed by atoms with van der Waals surface area (Å²) < 4.78 is 1.78. The number of nitrogens with one attached hydrogen (secondary N) is 1. The SMILES string of the molecule is Cc1cccc(CSc2nnc3[nH]c(=O)ccn23)c1. The monoisotopic (exact) mass is 272 g/mol. The lowest BCUT2D eigenvalue weighted by molar-refractivity contribution is 0.916. The average Bonchev–Trinajstić information content (AvgIpc) is 2.78. The Bertz CT molecular complexity index is 777. The van der Waals surface area contributed by atoms with E-state index in [1.807, 2.05) is 6.07 Å². The van der Waals surface area contributed by atoms with Gasteiger partial charge in [-0.3, -0.25) is 14.2 Å². The standard InChI is InChI=1S/C13H12N4OS/c1-9-3-2-4-10(7-9)8-19-13-16-15-12-14-11(18)5-6-17(12)13/h2-7H,8H2,1H3,(H,14,15,18). The van der Waals surface area contributed by atoms with E-state index in [1.54, 1.807) is 22.4 Å². The quantitative estimate of drug-likeness (QED) is 0.741. The molecule has 19 heavy (non-hydrogen) atoms. The molecule has 1 aromatic carbocycles. The number of aromatic nitrogens is 4. The molecule has 2 heterocycles. The molecule has 0 atom stereocenters. The van der Waals surface area contributed by atoms with Crippen LogP contribution in [0.1, 0.15) is 11.1 Å². The Balaban J connectivity index is 1.84. The van der Waals surface area contributed by atoms with Crippen molar-refractivity contribution in [1.82, 2.24) is 19.6 Å². The van der Waals surface area contributed by atoms with E-state index >= 15 is 0 Å². The van der Waals surface area contributed by atoms with Crippen molar-refractivity contribution in [1.29, 1.82) is 0 Å². The molecule has 0 unspecified atom stereocenters. The summed E-state index contributed by atoms with van der Waals surface area (Å²) in [5, 5.41) is 8.80. The van der Waals surface area contributed by atoms with Gasteiger partial charge in [-0.05, 0) is 12.5 Å². The van der Waals surface area contributed by atoms with Crippen molar-refractivity contribution < 1.29 is 0 Å². The minimum atomic E-state index is -0.171. The number of aromatic amines is 1. The first-order valence-corrected chi connectivity index (χ1v) is 6.83. The van der Waals surface area contributed by atoms with Gasteiger partial charge >= 0.3 is 0 Å². The Morgan fingerprint density at radius 1 is 1.32 bits per heavy atom. The zero-order chi connectivity index (χ0) is 13.2. The molecule has 0 bridgehead atoms. The highest BCUT2D eigenvalue weighted by Gasteiger charge is 2.06. The summed E-state index contributed by atoms with van der Waals surface area (Å²) in [4.78, 5) is 13.8. The van der Waals surface area contributed by atoms with Crippen LogP contribution >= 0.6 is 11.8 Å². The number of nitrogens with zero attached hydrogens (tertiary/aromatic N) is 3. The van der Waals surface area contributed by atoms with Crippen LogP contribution < -0.4 is 5.56 Å². The number of thioether (sulfide) groups is 1. The number of hydrogen-bond acceptors (Lipinski definition) is 4.